The largest absolute Gasteiger partial charge is 1.00 e. The van der Waals surface area contributed by atoms with Gasteiger partial charge in [-0.2, -0.15) is 8.42 Å². The molecule has 0 aliphatic rings. The van der Waals surface area contributed by atoms with Crippen molar-refractivity contribution in [2.24, 2.45) is 0 Å². The van der Waals surface area contributed by atoms with Crippen LogP contribution < -0.4 is 34.7 Å². The van der Waals surface area contributed by atoms with E-state index in [1.807, 2.05) is 0 Å². The average Bonchev–Trinajstić information content (AvgIpc) is 2.22. The molecule has 1 N–H and O–H groups in total. The first kappa shape index (κ1) is 21.8. The van der Waals surface area contributed by atoms with Crippen LogP contribution in [-0.4, -0.2) is 40.5 Å². The van der Waals surface area contributed by atoms with Crippen LogP contribution in [0.1, 0.15) is 20.3 Å². The molecule has 0 fully saturated rings. The van der Waals surface area contributed by atoms with Gasteiger partial charge in [0.2, 0.25) is 4.08 Å². The monoisotopic (exact) mass is 340 g/mol. The van der Waals surface area contributed by atoms with E-state index in [1.165, 1.54) is 6.92 Å². The van der Waals surface area contributed by atoms with E-state index in [1.54, 1.807) is 6.92 Å². The van der Waals surface area contributed by atoms with Gasteiger partial charge in [-0.05, 0) is 5.75 Å². The molecule has 0 radical (unpaired) electrons. The van der Waals surface area contributed by atoms with E-state index in [2.05, 4.69) is 4.18 Å². The van der Waals surface area contributed by atoms with Crippen molar-refractivity contribution in [3.05, 3.63) is 0 Å². The van der Waals surface area contributed by atoms with E-state index in [-0.39, 0.29) is 35.3 Å². The number of carbonyl (C=O) groups excluding carboxylic acids is 2. The second kappa shape index (κ2) is 9.48. The molecule has 0 spiro atoms. The third kappa shape index (κ3) is 6.23. The summed E-state index contributed by atoms with van der Waals surface area (Å²) in [6.45, 7) is 3.17. The van der Waals surface area contributed by atoms with Crippen molar-refractivity contribution >= 4 is 45.9 Å². The first-order chi connectivity index (χ1) is 8.21. The van der Waals surface area contributed by atoms with Gasteiger partial charge >= 0.3 is 35.5 Å². The molecule has 11 heteroatoms. The maximum absolute atomic E-state index is 11.7. The molecular weight excluding hydrogens is 327 g/mol. The second-order valence-corrected chi connectivity index (χ2v) is 7.44. The fraction of sp³-hybridized carbons (Fsp3) is 0.750. The maximum atomic E-state index is 11.7. The summed E-state index contributed by atoms with van der Waals surface area (Å²) in [5.41, 5.74) is 0. The van der Waals surface area contributed by atoms with Gasteiger partial charge in [0.25, 0.3) is 10.1 Å². The molecule has 106 valence electrons. The van der Waals surface area contributed by atoms with E-state index in [4.69, 9.17) is 4.55 Å². The van der Waals surface area contributed by atoms with E-state index in [9.17, 15) is 23.1 Å². The molecule has 1 atom stereocenters. The van der Waals surface area contributed by atoms with Gasteiger partial charge in [-0.3, -0.25) is 4.55 Å². The Morgan fingerprint density at radius 1 is 1.32 bits per heavy atom. The molecule has 0 aliphatic heterocycles. The van der Waals surface area contributed by atoms with E-state index in [0.29, 0.717) is 29.6 Å². The Hall–Kier alpha value is 0.550. The van der Waals surface area contributed by atoms with Gasteiger partial charge < -0.3 is 14.1 Å². The van der Waals surface area contributed by atoms with Gasteiger partial charge in [0.1, 0.15) is 0 Å². The Morgan fingerprint density at radius 2 is 1.84 bits per heavy atom. The van der Waals surface area contributed by atoms with Crippen molar-refractivity contribution in [1.29, 1.82) is 0 Å². The molecule has 7 nitrogen and oxygen atoms in total. The normalized spacial score (nSPS) is 14.1. The number of carboxylic acid groups (broad SMARTS) is 1. The first-order valence-corrected chi connectivity index (χ1v) is 8.19. The number of carboxylic acids is 1. The summed E-state index contributed by atoms with van der Waals surface area (Å²) < 4.78 is 33.7. The summed E-state index contributed by atoms with van der Waals surface area (Å²) in [6, 6.07) is 0. The number of thioether (sulfide) groups is 1. The zero-order valence-electron chi connectivity index (χ0n) is 10.7. The van der Waals surface area contributed by atoms with E-state index < -0.39 is 32.6 Å². The smallest absolute Gasteiger partial charge is 0.550 e. The zero-order chi connectivity index (χ0) is 14.4. The molecule has 0 aliphatic carbocycles. The van der Waals surface area contributed by atoms with Crippen LogP contribution >= 0.6 is 23.8 Å². The van der Waals surface area contributed by atoms with Crippen LogP contribution in [0.15, 0.2) is 0 Å². The topological polar surface area (TPSA) is 121 Å². The molecule has 1 unspecified atom stereocenters. The van der Waals surface area contributed by atoms with Crippen molar-refractivity contribution in [3.8, 4) is 0 Å². The van der Waals surface area contributed by atoms with Crippen molar-refractivity contribution in [2.75, 3.05) is 11.5 Å². The molecule has 0 heterocycles. The summed E-state index contributed by atoms with van der Waals surface area (Å²) in [5, 5.41) is 10.6. The Labute approximate surface area is 142 Å². The third-order valence-corrected chi connectivity index (χ3v) is 5.44. The van der Waals surface area contributed by atoms with Gasteiger partial charge in [-0.25, -0.2) is 4.79 Å². The zero-order valence-corrected chi connectivity index (χ0v) is 15.2. The third-order valence-electron chi connectivity index (χ3n) is 1.73. The Kier molecular flexibility index (Phi) is 10.9. The minimum atomic E-state index is -4.96. The van der Waals surface area contributed by atoms with E-state index >= 15 is 0 Å². The van der Waals surface area contributed by atoms with Gasteiger partial charge in [0.15, 0.2) is 0 Å². The minimum absolute atomic E-state index is 0. The Balaban J connectivity index is 0. The van der Waals surface area contributed by atoms with Crippen LogP contribution in [0.2, 0.25) is 0 Å². The average molecular weight is 340 g/mol. The van der Waals surface area contributed by atoms with Gasteiger partial charge in [-0.15, -0.1) is 11.8 Å². The summed E-state index contributed by atoms with van der Waals surface area (Å²) >= 11 is 1.13. The van der Waals surface area contributed by atoms with Crippen LogP contribution in [-0.2, 0) is 23.9 Å². The maximum Gasteiger partial charge on any atom is 1.00 e. The number of hydrogen-bond donors (Lipinski definition) is 1. The summed E-state index contributed by atoms with van der Waals surface area (Å²) in [6.07, 6.45) is -1.17. The SMILES string of the molecule is CCSOC(=O)C(CC(=O)[O-])(SCC)S(=O)(=O)O.[Na+]. The predicted octanol–water partition coefficient (Wildman–Crippen LogP) is -3.32. The van der Waals surface area contributed by atoms with Crippen LogP contribution in [0.25, 0.3) is 0 Å². The summed E-state index contributed by atoms with van der Waals surface area (Å²) in [4.78, 5) is 22.3. The van der Waals surface area contributed by atoms with Crippen LogP contribution in [0.3, 0.4) is 0 Å². The predicted molar refractivity (Wildman–Crippen MR) is 66.3 cm³/mol. The van der Waals surface area contributed by atoms with Crippen molar-refractivity contribution in [3.63, 3.8) is 0 Å². The number of rotatable bonds is 8. The number of hydrogen-bond acceptors (Lipinski definition) is 8. The molecular formula is C8H13NaO7S3. The molecule has 0 saturated heterocycles. The van der Waals surface area contributed by atoms with E-state index in [0.717, 1.165) is 0 Å². The standard InChI is InChI=1S/C8H14O7S3.Na/c1-3-16-8(5-6(9)10,18(12,13)14)7(11)15-17-4-2;/h3-5H2,1-2H3,(H,9,10)(H,12,13,14);/q;+1/p-1. The molecule has 0 bridgehead atoms. The second-order valence-electron chi connectivity index (χ2n) is 2.99. The Bertz CT molecular complexity index is 411. The van der Waals surface area contributed by atoms with Gasteiger partial charge in [0, 0.05) is 18.1 Å². The quantitative estimate of drug-likeness (QED) is 0.275. The summed E-state index contributed by atoms with van der Waals surface area (Å²) in [5.74, 6) is -2.64. The molecule has 0 rings (SSSR count). The molecule has 0 saturated carbocycles. The molecule has 19 heavy (non-hydrogen) atoms. The Morgan fingerprint density at radius 3 is 2.16 bits per heavy atom. The molecule has 0 aromatic carbocycles. The van der Waals surface area contributed by atoms with Gasteiger partial charge in [-0.1, -0.05) is 13.8 Å². The van der Waals surface area contributed by atoms with Crippen LogP contribution in [0, 0.1) is 0 Å². The van der Waals surface area contributed by atoms with Crippen LogP contribution in [0.5, 0.6) is 0 Å². The summed E-state index contributed by atoms with van der Waals surface area (Å²) in [7, 11) is -4.96. The molecule has 0 aromatic heterocycles. The first-order valence-electron chi connectivity index (χ1n) is 4.86. The minimum Gasteiger partial charge on any atom is -0.550 e. The van der Waals surface area contributed by atoms with Crippen LogP contribution in [0.4, 0.5) is 0 Å². The number of aliphatic carboxylic acids is 1. The van der Waals surface area contributed by atoms with Crippen molar-refractivity contribution in [1.82, 2.24) is 0 Å². The fourth-order valence-electron chi connectivity index (χ4n) is 1.05. The fourth-order valence-corrected chi connectivity index (χ4v) is 3.87. The molecule has 0 amide bonds. The van der Waals surface area contributed by atoms with Gasteiger partial charge in [0.05, 0.1) is 12.0 Å². The molecule has 0 aromatic rings. The van der Waals surface area contributed by atoms with Crippen molar-refractivity contribution < 1.29 is 61.4 Å². The van der Waals surface area contributed by atoms with Crippen molar-refractivity contribution in [2.45, 2.75) is 24.3 Å². The number of carbonyl (C=O) groups is 2.